The Labute approximate surface area is 121 Å². The lowest BCUT2D eigenvalue weighted by atomic mass is 10.0. The topological polar surface area (TPSA) is 64.3 Å². The van der Waals surface area contributed by atoms with Crippen LogP contribution in [-0.4, -0.2) is 19.6 Å². The fraction of sp³-hybridized carbons (Fsp3) is 0.500. The van der Waals surface area contributed by atoms with Crippen molar-refractivity contribution in [2.75, 3.05) is 19.0 Å². The normalized spacial score (nSPS) is 12.9. The van der Waals surface area contributed by atoms with Crippen molar-refractivity contribution in [2.45, 2.75) is 25.9 Å². The highest BCUT2D eigenvalue weighted by Gasteiger charge is 2.34. The molecular formula is C14H19F3N2O2. The van der Waals surface area contributed by atoms with Gasteiger partial charge in [0.2, 0.25) is 5.91 Å². The molecule has 4 nitrogen and oxygen atoms in total. The van der Waals surface area contributed by atoms with Crippen molar-refractivity contribution in [2.24, 2.45) is 11.7 Å². The molecule has 0 spiro atoms. The molecule has 0 saturated carbocycles. The van der Waals surface area contributed by atoms with E-state index in [1.165, 1.54) is 19.2 Å². The number of nitrogens with one attached hydrogen (secondary N) is 1. The summed E-state index contributed by atoms with van der Waals surface area (Å²) < 4.78 is 43.8. The van der Waals surface area contributed by atoms with Gasteiger partial charge in [-0.2, -0.15) is 13.2 Å². The quantitative estimate of drug-likeness (QED) is 0.849. The van der Waals surface area contributed by atoms with Crippen molar-refractivity contribution in [3.8, 4) is 5.75 Å². The van der Waals surface area contributed by atoms with Crippen LogP contribution >= 0.6 is 0 Å². The summed E-state index contributed by atoms with van der Waals surface area (Å²) >= 11 is 0. The van der Waals surface area contributed by atoms with Gasteiger partial charge in [0.15, 0.2) is 0 Å². The molecule has 1 amide bonds. The molecular weight excluding hydrogens is 285 g/mol. The van der Waals surface area contributed by atoms with E-state index in [-0.39, 0.29) is 11.4 Å². The second kappa shape index (κ2) is 7.31. The number of carbonyl (C=O) groups excluding carboxylic acids is 1. The van der Waals surface area contributed by atoms with E-state index in [0.29, 0.717) is 19.4 Å². The third-order valence-electron chi connectivity index (χ3n) is 3.08. The highest BCUT2D eigenvalue weighted by Crippen LogP contribution is 2.37. The first-order chi connectivity index (χ1) is 9.79. The summed E-state index contributed by atoms with van der Waals surface area (Å²) in [5.74, 6) is -0.785. The summed E-state index contributed by atoms with van der Waals surface area (Å²) in [4.78, 5) is 11.9. The number of carbonyl (C=O) groups is 1. The standard InChI is InChI=1S/C14H19F3N2O2/c1-9(4-3-7-18)13(20)19-12-6-5-10(21-2)8-11(12)14(15,16)17/h5-6,8-9H,3-4,7,18H2,1-2H3,(H,19,20). The maximum absolute atomic E-state index is 13.0. The molecule has 0 aliphatic heterocycles. The van der Waals surface area contributed by atoms with Crippen LogP contribution in [0, 0.1) is 5.92 Å². The van der Waals surface area contributed by atoms with Crippen LogP contribution in [0.2, 0.25) is 0 Å². The molecule has 118 valence electrons. The molecule has 0 aliphatic rings. The molecule has 0 aromatic heterocycles. The lowest BCUT2D eigenvalue weighted by Crippen LogP contribution is -2.23. The summed E-state index contributed by atoms with van der Waals surface area (Å²) in [6.45, 7) is 2.09. The van der Waals surface area contributed by atoms with Gasteiger partial charge in [-0.3, -0.25) is 4.79 Å². The Morgan fingerprint density at radius 1 is 1.43 bits per heavy atom. The zero-order valence-electron chi connectivity index (χ0n) is 12.0. The zero-order chi connectivity index (χ0) is 16.0. The van der Waals surface area contributed by atoms with Crippen LogP contribution in [-0.2, 0) is 11.0 Å². The van der Waals surface area contributed by atoms with Crippen LogP contribution in [0.5, 0.6) is 5.75 Å². The van der Waals surface area contributed by atoms with Crippen molar-refractivity contribution in [1.82, 2.24) is 0 Å². The predicted octanol–water partition coefficient (Wildman–Crippen LogP) is 3.03. The molecule has 0 aliphatic carbocycles. The minimum Gasteiger partial charge on any atom is -0.497 e. The predicted molar refractivity (Wildman–Crippen MR) is 74.1 cm³/mol. The van der Waals surface area contributed by atoms with Gasteiger partial charge in [-0.15, -0.1) is 0 Å². The van der Waals surface area contributed by atoms with Gasteiger partial charge >= 0.3 is 6.18 Å². The van der Waals surface area contributed by atoms with Gasteiger partial charge in [-0.1, -0.05) is 6.92 Å². The second-order valence-electron chi connectivity index (χ2n) is 4.73. The average molecular weight is 304 g/mol. The van der Waals surface area contributed by atoms with Crippen molar-refractivity contribution in [3.05, 3.63) is 23.8 Å². The number of hydrogen-bond donors (Lipinski definition) is 2. The van der Waals surface area contributed by atoms with E-state index in [9.17, 15) is 18.0 Å². The van der Waals surface area contributed by atoms with Gasteiger partial charge in [0.05, 0.1) is 18.4 Å². The third kappa shape index (κ3) is 4.93. The fourth-order valence-electron chi connectivity index (χ4n) is 1.80. The van der Waals surface area contributed by atoms with Gasteiger partial charge in [0.1, 0.15) is 5.75 Å². The molecule has 0 saturated heterocycles. The number of anilines is 1. The smallest absolute Gasteiger partial charge is 0.418 e. The Balaban J connectivity index is 2.94. The first-order valence-electron chi connectivity index (χ1n) is 6.55. The van der Waals surface area contributed by atoms with Gasteiger partial charge in [0, 0.05) is 5.92 Å². The number of nitrogens with two attached hydrogens (primary N) is 1. The Hall–Kier alpha value is -1.76. The molecule has 1 atom stereocenters. The molecule has 7 heteroatoms. The van der Waals surface area contributed by atoms with E-state index in [2.05, 4.69) is 5.32 Å². The lowest BCUT2D eigenvalue weighted by Gasteiger charge is -2.17. The van der Waals surface area contributed by atoms with Crippen LogP contribution in [0.15, 0.2) is 18.2 Å². The molecule has 0 bridgehead atoms. The van der Waals surface area contributed by atoms with E-state index < -0.39 is 23.6 Å². The van der Waals surface area contributed by atoms with Crippen LogP contribution in [0.1, 0.15) is 25.3 Å². The number of halogens is 3. The van der Waals surface area contributed by atoms with E-state index in [1.54, 1.807) is 6.92 Å². The van der Waals surface area contributed by atoms with Crippen LogP contribution in [0.25, 0.3) is 0 Å². The first kappa shape index (κ1) is 17.3. The molecule has 0 fully saturated rings. The number of methoxy groups -OCH3 is 1. The van der Waals surface area contributed by atoms with Gasteiger partial charge < -0.3 is 15.8 Å². The highest BCUT2D eigenvalue weighted by molar-refractivity contribution is 5.93. The van der Waals surface area contributed by atoms with Crippen molar-refractivity contribution in [1.29, 1.82) is 0 Å². The lowest BCUT2D eigenvalue weighted by molar-refractivity contribution is -0.137. The number of alkyl halides is 3. The van der Waals surface area contributed by atoms with Crippen molar-refractivity contribution in [3.63, 3.8) is 0 Å². The number of benzene rings is 1. The number of rotatable bonds is 6. The summed E-state index contributed by atoms with van der Waals surface area (Å²) in [5, 5.41) is 2.32. The first-order valence-corrected chi connectivity index (χ1v) is 6.55. The largest absolute Gasteiger partial charge is 0.497 e. The average Bonchev–Trinajstić information content (AvgIpc) is 2.43. The Kier molecular flexibility index (Phi) is 6.02. The SMILES string of the molecule is COc1ccc(NC(=O)C(C)CCCN)c(C(F)(F)F)c1. The van der Waals surface area contributed by atoms with Crippen molar-refractivity contribution < 1.29 is 22.7 Å². The molecule has 0 radical (unpaired) electrons. The number of amides is 1. The van der Waals surface area contributed by atoms with E-state index >= 15 is 0 Å². The van der Waals surface area contributed by atoms with Crippen LogP contribution < -0.4 is 15.8 Å². The fourth-order valence-corrected chi connectivity index (χ4v) is 1.80. The minimum atomic E-state index is -4.57. The maximum Gasteiger partial charge on any atom is 0.418 e. The van der Waals surface area contributed by atoms with Crippen LogP contribution in [0.4, 0.5) is 18.9 Å². The van der Waals surface area contributed by atoms with E-state index in [1.807, 2.05) is 0 Å². The number of ether oxygens (including phenoxy) is 1. The molecule has 1 aromatic carbocycles. The van der Waals surface area contributed by atoms with E-state index in [0.717, 1.165) is 6.07 Å². The van der Waals surface area contributed by atoms with Gasteiger partial charge in [0.25, 0.3) is 0 Å². The number of hydrogen-bond acceptors (Lipinski definition) is 3. The Morgan fingerprint density at radius 3 is 2.62 bits per heavy atom. The molecule has 1 unspecified atom stereocenters. The third-order valence-corrected chi connectivity index (χ3v) is 3.08. The van der Waals surface area contributed by atoms with Crippen molar-refractivity contribution >= 4 is 11.6 Å². The monoisotopic (exact) mass is 304 g/mol. The van der Waals surface area contributed by atoms with E-state index in [4.69, 9.17) is 10.5 Å². The Morgan fingerprint density at radius 2 is 2.10 bits per heavy atom. The van der Waals surface area contributed by atoms with Gasteiger partial charge in [-0.25, -0.2) is 0 Å². The Bertz CT molecular complexity index is 490. The van der Waals surface area contributed by atoms with Crippen LogP contribution in [0.3, 0.4) is 0 Å². The highest BCUT2D eigenvalue weighted by atomic mass is 19.4. The summed E-state index contributed by atoms with van der Waals surface area (Å²) in [5.41, 5.74) is 4.15. The molecule has 21 heavy (non-hydrogen) atoms. The minimum absolute atomic E-state index is 0.0801. The summed E-state index contributed by atoms with van der Waals surface area (Å²) in [6, 6.07) is 3.42. The van der Waals surface area contributed by atoms with Gasteiger partial charge in [-0.05, 0) is 37.6 Å². The zero-order valence-corrected chi connectivity index (χ0v) is 12.0. The molecule has 1 aromatic rings. The maximum atomic E-state index is 13.0. The molecule has 1 rings (SSSR count). The second-order valence-corrected chi connectivity index (χ2v) is 4.73. The summed E-state index contributed by atoms with van der Waals surface area (Å²) in [6.07, 6.45) is -3.40. The molecule has 0 heterocycles. The molecule has 3 N–H and O–H groups in total. The summed E-state index contributed by atoms with van der Waals surface area (Å²) in [7, 11) is 1.28.